The molecule has 1 aromatic heterocycles. The fraction of sp³-hybridized carbons (Fsp3) is 0.500. The Morgan fingerprint density at radius 2 is 2.44 bits per heavy atom. The average Bonchev–Trinajstić information content (AvgIpc) is 2.68. The van der Waals surface area contributed by atoms with E-state index in [4.69, 9.17) is 10.5 Å². The molecule has 0 aliphatic carbocycles. The molecule has 1 atom stereocenters. The van der Waals surface area contributed by atoms with Gasteiger partial charge in [0.2, 0.25) is 5.91 Å². The third-order valence-corrected chi connectivity index (χ3v) is 3.66. The van der Waals surface area contributed by atoms with Crippen LogP contribution in [0.2, 0.25) is 0 Å². The molecule has 16 heavy (non-hydrogen) atoms. The summed E-state index contributed by atoms with van der Waals surface area (Å²) < 4.78 is 5.92. The molecular weight excluding hydrogens is 292 g/mol. The number of nitrogens with two attached hydrogens (primary N) is 1. The van der Waals surface area contributed by atoms with Crippen LogP contribution in [0.3, 0.4) is 0 Å². The van der Waals surface area contributed by atoms with Crippen molar-refractivity contribution in [2.75, 3.05) is 13.7 Å². The van der Waals surface area contributed by atoms with Crippen LogP contribution in [-0.4, -0.2) is 25.7 Å². The first-order valence-corrected chi connectivity index (χ1v) is 6.51. The van der Waals surface area contributed by atoms with E-state index in [-0.39, 0.29) is 5.91 Å². The van der Waals surface area contributed by atoms with Gasteiger partial charge in [-0.15, -0.1) is 11.3 Å². The van der Waals surface area contributed by atoms with Crippen LogP contribution in [0.4, 0.5) is 0 Å². The highest BCUT2D eigenvalue weighted by molar-refractivity contribution is 9.11. The Hall–Kier alpha value is -0.430. The van der Waals surface area contributed by atoms with E-state index in [0.717, 1.165) is 8.66 Å². The number of thiophene rings is 1. The molecule has 0 aliphatic rings. The summed E-state index contributed by atoms with van der Waals surface area (Å²) in [5.74, 6) is -0.137. The van der Waals surface area contributed by atoms with E-state index in [9.17, 15) is 4.79 Å². The first-order valence-electron chi connectivity index (χ1n) is 4.90. The number of hydrogen-bond donors (Lipinski definition) is 2. The van der Waals surface area contributed by atoms with E-state index in [1.165, 1.54) is 0 Å². The topological polar surface area (TPSA) is 64.3 Å². The summed E-state index contributed by atoms with van der Waals surface area (Å²) in [4.78, 5) is 12.6. The van der Waals surface area contributed by atoms with Crippen molar-refractivity contribution in [2.24, 2.45) is 5.73 Å². The highest BCUT2D eigenvalue weighted by Gasteiger charge is 2.12. The maximum absolute atomic E-state index is 11.5. The molecule has 3 N–H and O–H groups in total. The highest BCUT2D eigenvalue weighted by Crippen LogP contribution is 2.21. The Balaban J connectivity index is 2.29. The zero-order valence-corrected chi connectivity index (χ0v) is 11.4. The van der Waals surface area contributed by atoms with Gasteiger partial charge >= 0.3 is 0 Å². The molecule has 90 valence electrons. The number of carbonyl (C=O) groups excluding carboxylic acids is 1. The molecule has 0 aromatic carbocycles. The first kappa shape index (κ1) is 13.6. The molecule has 1 aromatic rings. The van der Waals surface area contributed by atoms with Crippen LogP contribution in [0.25, 0.3) is 0 Å². The first-order chi connectivity index (χ1) is 7.63. The Kier molecular flexibility index (Phi) is 5.97. The van der Waals surface area contributed by atoms with Gasteiger partial charge in [0.1, 0.15) is 0 Å². The normalized spacial score (nSPS) is 12.4. The van der Waals surface area contributed by atoms with Gasteiger partial charge in [0.25, 0.3) is 0 Å². The zero-order chi connectivity index (χ0) is 12.0. The van der Waals surface area contributed by atoms with Crippen LogP contribution in [-0.2, 0) is 16.1 Å². The minimum atomic E-state index is -0.497. The minimum absolute atomic E-state index is 0.137. The van der Waals surface area contributed by atoms with Crippen molar-refractivity contribution < 1.29 is 9.53 Å². The fourth-order valence-corrected chi connectivity index (χ4v) is 2.55. The number of carbonyl (C=O) groups is 1. The fourth-order valence-electron chi connectivity index (χ4n) is 1.13. The SMILES string of the molecule is COCCC(N)C(=O)NCc1ccc(Br)s1. The summed E-state index contributed by atoms with van der Waals surface area (Å²) >= 11 is 4.96. The quantitative estimate of drug-likeness (QED) is 0.837. The largest absolute Gasteiger partial charge is 0.385 e. The van der Waals surface area contributed by atoms with Crippen molar-refractivity contribution in [3.8, 4) is 0 Å². The Morgan fingerprint density at radius 1 is 1.69 bits per heavy atom. The van der Waals surface area contributed by atoms with E-state index in [1.807, 2.05) is 12.1 Å². The van der Waals surface area contributed by atoms with Gasteiger partial charge in [-0.3, -0.25) is 4.79 Å². The van der Waals surface area contributed by atoms with Gasteiger partial charge in [0.15, 0.2) is 0 Å². The second-order valence-electron chi connectivity index (χ2n) is 3.31. The van der Waals surface area contributed by atoms with Gasteiger partial charge in [-0.05, 0) is 34.5 Å². The lowest BCUT2D eigenvalue weighted by Crippen LogP contribution is -2.40. The second-order valence-corrected chi connectivity index (χ2v) is 5.86. The molecule has 0 fully saturated rings. The van der Waals surface area contributed by atoms with Crippen molar-refractivity contribution in [1.82, 2.24) is 5.32 Å². The van der Waals surface area contributed by atoms with Crippen molar-refractivity contribution >= 4 is 33.2 Å². The number of nitrogens with one attached hydrogen (secondary N) is 1. The number of methoxy groups -OCH3 is 1. The lowest BCUT2D eigenvalue weighted by molar-refractivity contribution is -0.122. The predicted octanol–water partition coefficient (Wildman–Crippen LogP) is 1.49. The second kappa shape index (κ2) is 7.01. The van der Waals surface area contributed by atoms with E-state index >= 15 is 0 Å². The van der Waals surface area contributed by atoms with Gasteiger partial charge in [-0.1, -0.05) is 0 Å². The molecule has 0 aliphatic heterocycles. The smallest absolute Gasteiger partial charge is 0.237 e. The molecule has 0 saturated carbocycles. The molecule has 6 heteroatoms. The van der Waals surface area contributed by atoms with Crippen LogP contribution in [0, 0.1) is 0 Å². The molecule has 0 radical (unpaired) electrons. The maximum atomic E-state index is 11.5. The average molecular weight is 307 g/mol. The molecule has 0 saturated heterocycles. The number of rotatable bonds is 6. The summed E-state index contributed by atoms with van der Waals surface area (Å²) in [7, 11) is 1.59. The monoisotopic (exact) mass is 306 g/mol. The van der Waals surface area contributed by atoms with Crippen LogP contribution < -0.4 is 11.1 Å². The molecule has 0 spiro atoms. The molecule has 1 unspecified atom stereocenters. The minimum Gasteiger partial charge on any atom is -0.385 e. The van der Waals surface area contributed by atoms with Crippen LogP contribution in [0.5, 0.6) is 0 Å². The van der Waals surface area contributed by atoms with Crippen molar-refractivity contribution in [1.29, 1.82) is 0 Å². The number of amides is 1. The number of ether oxygens (including phenoxy) is 1. The maximum Gasteiger partial charge on any atom is 0.237 e. The van der Waals surface area contributed by atoms with Gasteiger partial charge in [-0.25, -0.2) is 0 Å². The van der Waals surface area contributed by atoms with E-state index in [2.05, 4.69) is 21.2 Å². The predicted molar refractivity (Wildman–Crippen MR) is 68.3 cm³/mol. The summed E-state index contributed by atoms with van der Waals surface area (Å²) in [5, 5.41) is 2.79. The zero-order valence-electron chi connectivity index (χ0n) is 9.03. The van der Waals surface area contributed by atoms with E-state index in [1.54, 1.807) is 18.4 Å². The van der Waals surface area contributed by atoms with Crippen molar-refractivity contribution in [2.45, 2.75) is 19.0 Å². The van der Waals surface area contributed by atoms with Gasteiger partial charge in [0.05, 0.1) is 16.4 Å². The van der Waals surface area contributed by atoms with Crippen molar-refractivity contribution in [3.05, 3.63) is 20.8 Å². The van der Waals surface area contributed by atoms with Gasteiger partial charge in [0, 0.05) is 18.6 Å². The Morgan fingerprint density at radius 3 is 3.00 bits per heavy atom. The molecule has 1 amide bonds. The van der Waals surface area contributed by atoms with E-state index < -0.39 is 6.04 Å². The summed E-state index contributed by atoms with van der Waals surface area (Å²) in [5.41, 5.74) is 5.67. The third-order valence-electron chi connectivity index (χ3n) is 2.04. The molecule has 4 nitrogen and oxygen atoms in total. The van der Waals surface area contributed by atoms with E-state index in [0.29, 0.717) is 19.6 Å². The Labute approximate surface area is 107 Å². The standard InChI is InChI=1S/C10H15BrN2O2S/c1-15-5-4-8(12)10(14)13-6-7-2-3-9(11)16-7/h2-3,8H,4-6,12H2,1H3,(H,13,14). The van der Waals surface area contributed by atoms with Crippen LogP contribution in [0.1, 0.15) is 11.3 Å². The van der Waals surface area contributed by atoms with Crippen molar-refractivity contribution in [3.63, 3.8) is 0 Å². The molecule has 1 rings (SSSR count). The molecule has 0 bridgehead atoms. The number of halogens is 1. The van der Waals surface area contributed by atoms with Crippen LogP contribution >= 0.6 is 27.3 Å². The summed E-state index contributed by atoms with van der Waals surface area (Å²) in [6.45, 7) is 1.02. The Bertz CT molecular complexity index is 343. The summed E-state index contributed by atoms with van der Waals surface area (Å²) in [6, 6.07) is 3.43. The highest BCUT2D eigenvalue weighted by atomic mass is 79.9. The number of hydrogen-bond acceptors (Lipinski definition) is 4. The molecular formula is C10H15BrN2O2S. The van der Waals surface area contributed by atoms with Gasteiger partial charge in [-0.2, -0.15) is 0 Å². The molecule has 1 heterocycles. The lowest BCUT2D eigenvalue weighted by atomic mass is 10.2. The third kappa shape index (κ3) is 4.61. The summed E-state index contributed by atoms with van der Waals surface area (Å²) in [6.07, 6.45) is 0.538. The van der Waals surface area contributed by atoms with Crippen LogP contribution in [0.15, 0.2) is 15.9 Å². The van der Waals surface area contributed by atoms with Gasteiger partial charge < -0.3 is 15.8 Å². The lowest BCUT2D eigenvalue weighted by Gasteiger charge is -2.10.